The van der Waals surface area contributed by atoms with Crippen molar-refractivity contribution in [3.8, 4) is 0 Å². The molecule has 0 bridgehead atoms. The summed E-state index contributed by atoms with van der Waals surface area (Å²) >= 11 is 0. The minimum atomic E-state index is 0.202. The second-order valence-electron chi connectivity index (χ2n) is 9.12. The summed E-state index contributed by atoms with van der Waals surface area (Å²) in [4.78, 5) is 0. The summed E-state index contributed by atoms with van der Waals surface area (Å²) in [5.41, 5.74) is 0.202. The molecule has 138 valence electrons. The van der Waals surface area contributed by atoms with Crippen molar-refractivity contribution in [3.05, 3.63) is 0 Å². The molecule has 1 unspecified atom stereocenters. The van der Waals surface area contributed by atoms with Gasteiger partial charge in [-0.05, 0) is 56.3 Å². The standard InChI is InChI=1S/C22H38O2/c1-4-10-18(11-5-1)22(24-17-21-16-23-21,19-12-6-2-7-13-19)20-14-8-3-9-15-20/h18-21H,1-17H2. The van der Waals surface area contributed by atoms with E-state index in [1.807, 2.05) is 0 Å². The molecule has 0 aromatic carbocycles. The van der Waals surface area contributed by atoms with Crippen molar-refractivity contribution in [1.29, 1.82) is 0 Å². The molecule has 3 saturated carbocycles. The van der Waals surface area contributed by atoms with Gasteiger partial charge in [0.25, 0.3) is 0 Å². The van der Waals surface area contributed by atoms with Crippen LogP contribution in [0.5, 0.6) is 0 Å². The molecule has 1 aliphatic heterocycles. The van der Waals surface area contributed by atoms with Gasteiger partial charge in [-0.2, -0.15) is 0 Å². The molecule has 1 atom stereocenters. The van der Waals surface area contributed by atoms with Crippen LogP contribution in [0.1, 0.15) is 96.3 Å². The van der Waals surface area contributed by atoms with Crippen molar-refractivity contribution in [2.24, 2.45) is 17.8 Å². The highest BCUT2D eigenvalue weighted by molar-refractivity contribution is 5.02. The molecular weight excluding hydrogens is 296 g/mol. The van der Waals surface area contributed by atoms with Crippen LogP contribution in [0.15, 0.2) is 0 Å². The van der Waals surface area contributed by atoms with Gasteiger partial charge in [-0.1, -0.05) is 57.8 Å². The monoisotopic (exact) mass is 334 g/mol. The van der Waals surface area contributed by atoms with Crippen LogP contribution in [-0.2, 0) is 9.47 Å². The van der Waals surface area contributed by atoms with E-state index in [1.165, 1.54) is 96.3 Å². The lowest BCUT2D eigenvalue weighted by molar-refractivity contribution is -0.186. The number of epoxide rings is 1. The number of hydrogen-bond donors (Lipinski definition) is 0. The molecular formula is C22H38O2. The fraction of sp³-hybridized carbons (Fsp3) is 1.00. The molecule has 0 aromatic rings. The molecule has 1 saturated heterocycles. The van der Waals surface area contributed by atoms with Crippen molar-refractivity contribution in [1.82, 2.24) is 0 Å². The van der Waals surface area contributed by atoms with Gasteiger partial charge in [-0.25, -0.2) is 0 Å². The number of ether oxygens (including phenoxy) is 2. The van der Waals surface area contributed by atoms with Gasteiger partial charge in [0.2, 0.25) is 0 Å². The molecule has 1 heterocycles. The SMILES string of the molecule is C1CCC(C(OCC2CO2)(C2CCCCC2)C2CCCCC2)CC1. The maximum atomic E-state index is 7.05. The van der Waals surface area contributed by atoms with Gasteiger partial charge in [-0.15, -0.1) is 0 Å². The third-order valence-corrected chi connectivity index (χ3v) is 7.65. The van der Waals surface area contributed by atoms with Crippen molar-refractivity contribution in [3.63, 3.8) is 0 Å². The first-order chi connectivity index (χ1) is 11.9. The van der Waals surface area contributed by atoms with E-state index in [2.05, 4.69) is 0 Å². The summed E-state index contributed by atoms with van der Waals surface area (Å²) < 4.78 is 12.6. The molecule has 3 aliphatic carbocycles. The van der Waals surface area contributed by atoms with E-state index in [0.717, 1.165) is 31.0 Å². The van der Waals surface area contributed by atoms with Crippen LogP contribution in [0, 0.1) is 17.8 Å². The Morgan fingerprint density at radius 1 is 0.625 bits per heavy atom. The molecule has 4 fully saturated rings. The van der Waals surface area contributed by atoms with Gasteiger partial charge in [-0.3, -0.25) is 0 Å². The van der Waals surface area contributed by atoms with Crippen LogP contribution in [0.4, 0.5) is 0 Å². The van der Waals surface area contributed by atoms with E-state index in [0.29, 0.717) is 6.10 Å². The van der Waals surface area contributed by atoms with Gasteiger partial charge in [0, 0.05) is 0 Å². The maximum absolute atomic E-state index is 7.05. The Morgan fingerprint density at radius 2 is 1.00 bits per heavy atom. The fourth-order valence-corrected chi connectivity index (χ4v) is 6.42. The van der Waals surface area contributed by atoms with E-state index < -0.39 is 0 Å². The Kier molecular flexibility index (Phi) is 5.84. The maximum Gasteiger partial charge on any atom is 0.104 e. The Bertz CT molecular complexity index is 326. The van der Waals surface area contributed by atoms with Crippen molar-refractivity contribution in [2.45, 2.75) is 108 Å². The van der Waals surface area contributed by atoms with E-state index in [4.69, 9.17) is 9.47 Å². The van der Waals surface area contributed by atoms with Crippen molar-refractivity contribution < 1.29 is 9.47 Å². The molecule has 2 heteroatoms. The summed E-state index contributed by atoms with van der Waals surface area (Å²) in [6.07, 6.45) is 22.0. The highest BCUT2D eigenvalue weighted by Crippen LogP contribution is 2.53. The van der Waals surface area contributed by atoms with Crippen LogP contribution in [0.25, 0.3) is 0 Å². The number of hydrogen-bond acceptors (Lipinski definition) is 2. The van der Waals surface area contributed by atoms with Crippen LogP contribution >= 0.6 is 0 Å². The summed E-state index contributed by atoms with van der Waals surface area (Å²) in [6, 6.07) is 0. The van der Waals surface area contributed by atoms with E-state index >= 15 is 0 Å². The second kappa shape index (κ2) is 8.08. The molecule has 0 spiro atoms. The van der Waals surface area contributed by atoms with E-state index in [-0.39, 0.29) is 5.60 Å². The Hall–Kier alpha value is -0.0800. The average molecular weight is 335 g/mol. The molecule has 0 N–H and O–H groups in total. The largest absolute Gasteiger partial charge is 0.371 e. The lowest BCUT2D eigenvalue weighted by Crippen LogP contribution is -2.55. The molecule has 0 aromatic heterocycles. The van der Waals surface area contributed by atoms with Crippen LogP contribution in [0.3, 0.4) is 0 Å². The lowest BCUT2D eigenvalue weighted by Gasteiger charge is -2.54. The van der Waals surface area contributed by atoms with Crippen LogP contribution in [-0.4, -0.2) is 24.9 Å². The minimum absolute atomic E-state index is 0.202. The highest BCUT2D eigenvalue weighted by Gasteiger charge is 2.52. The van der Waals surface area contributed by atoms with Crippen LogP contribution < -0.4 is 0 Å². The predicted octanol–water partition coefficient (Wildman–Crippen LogP) is 5.88. The second-order valence-corrected chi connectivity index (χ2v) is 9.12. The molecule has 0 radical (unpaired) electrons. The first-order valence-electron chi connectivity index (χ1n) is 11.1. The summed E-state index contributed by atoms with van der Waals surface area (Å²) in [6.45, 7) is 1.82. The summed E-state index contributed by atoms with van der Waals surface area (Å²) in [7, 11) is 0. The topological polar surface area (TPSA) is 21.8 Å². The van der Waals surface area contributed by atoms with Crippen LogP contribution in [0.2, 0.25) is 0 Å². The fourth-order valence-electron chi connectivity index (χ4n) is 6.42. The minimum Gasteiger partial charge on any atom is -0.371 e. The van der Waals surface area contributed by atoms with Crippen molar-refractivity contribution in [2.75, 3.05) is 13.2 Å². The molecule has 4 aliphatic rings. The van der Waals surface area contributed by atoms with Gasteiger partial charge >= 0.3 is 0 Å². The number of rotatable bonds is 6. The molecule has 2 nitrogen and oxygen atoms in total. The Labute approximate surface area is 149 Å². The normalized spacial score (nSPS) is 31.2. The first-order valence-corrected chi connectivity index (χ1v) is 11.1. The van der Waals surface area contributed by atoms with Gasteiger partial charge in [0.05, 0.1) is 18.8 Å². The summed E-state index contributed by atoms with van der Waals surface area (Å²) in [5, 5.41) is 0. The molecule has 4 rings (SSSR count). The van der Waals surface area contributed by atoms with Gasteiger partial charge in [0.15, 0.2) is 0 Å². The third-order valence-electron chi connectivity index (χ3n) is 7.65. The van der Waals surface area contributed by atoms with Crippen molar-refractivity contribution >= 4 is 0 Å². The third kappa shape index (κ3) is 3.70. The predicted molar refractivity (Wildman–Crippen MR) is 98.1 cm³/mol. The summed E-state index contributed by atoms with van der Waals surface area (Å²) in [5.74, 6) is 2.49. The lowest BCUT2D eigenvalue weighted by atomic mass is 9.58. The Balaban J connectivity index is 1.61. The first kappa shape index (κ1) is 17.3. The average Bonchev–Trinajstić information content (AvgIpc) is 3.50. The quantitative estimate of drug-likeness (QED) is 0.566. The van der Waals surface area contributed by atoms with E-state index in [9.17, 15) is 0 Å². The zero-order valence-corrected chi connectivity index (χ0v) is 15.6. The van der Waals surface area contributed by atoms with Gasteiger partial charge in [0.1, 0.15) is 6.10 Å². The highest BCUT2D eigenvalue weighted by atomic mass is 16.6. The molecule has 0 amide bonds. The smallest absolute Gasteiger partial charge is 0.104 e. The zero-order valence-electron chi connectivity index (χ0n) is 15.6. The van der Waals surface area contributed by atoms with E-state index in [1.54, 1.807) is 0 Å². The van der Waals surface area contributed by atoms with Gasteiger partial charge < -0.3 is 9.47 Å². The molecule has 24 heavy (non-hydrogen) atoms. The Morgan fingerprint density at radius 3 is 1.33 bits per heavy atom. The zero-order chi connectivity index (χ0) is 16.2.